The van der Waals surface area contributed by atoms with Crippen molar-refractivity contribution in [2.24, 2.45) is 5.73 Å². The third kappa shape index (κ3) is 2.05. The molecule has 0 aliphatic rings. The van der Waals surface area contributed by atoms with Gasteiger partial charge in [-0.25, -0.2) is 0 Å². The van der Waals surface area contributed by atoms with Crippen molar-refractivity contribution in [2.45, 2.75) is 18.8 Å². The number of benzene rings is 1. The van der Waals surface area contributed by atoms with E-state index < -0.39 is 0 Å². The van der Waals surface area contributed by atoms with Crippen LogP contribution in [-0.4, -0.2) is 7.11 Å². The minimum atomic E-state index is -0.254. The molecule has 1 unspecified atom stereocenters. The van der Waals surface area contributed by atoms with Gasteiger partial charge in [0.05, 0.1) is 12.1 Å². The molecule has 1 aromatic rings. The number of hydrogen-bond acceptors (Lipinski definition) is 2. The van der Waals surface area contributed by atoms with Gasteiger partial charge in [0, 0.05) is 10.6 Å². The van der Waals surface area contributed by atoms with Gasteiger partial charge in [-0.15, -0.1) is 0 Å². The first-order chi connectivity index (χ1) is 6.49. The molecule has 2 N–H and O–H groups in total. The minimum absolute atomic E-state index is 0.254. The minimum Gasteiger partial charge on any atom is -0.496 e. The Labute approximate surface area is 97.5 Å². The zero-order valence-electron chi connectivity index (χ0n) is 8.40. The molecule has 0 saturated heterocycles. The first kappa shape index (κ1) is 11.8. The van der Waals surface area contributed by atoms with Crippen LogP contribution in [0.5, 0.6) is 5.75 Å². The van der Waals surface area contributed by atoms with Gasteiger partial charge in [0.25, 0.3) is 0 Å². The Bertz CT molecular complexity index is 352. The van der Waals surface area contributed by atoms with E-state index >= 15 is 0 Å². The third-order valence-electron chi connectivity index (χ3n) is 2.19. The smallest absolute Gasteiger partial charge is 0.125 e. The molecule has 0 heterocycles. The number of methoxy groups -OCH3 is 1. The largest absolute Gasteiger partial charge is 0.496 e. The Morgan fingerprint density at radius 1 is 1.50 bits per heavy atom. The molecule has 0 saturated carbocycles. The van der Waals surface area contributed by atoms with Crippen LogP contribution < -0.4 is 10.5 Å². The number of aryl methyl sites for hydroxylation is 1. The zero-order chi connectivity index (χ0) is 10.9. The maximum atomic E-state index is 6.12. The van der Waals surface area contributed by atoms with Crippen molar-refractivity contribution in [3.05, 3.63) is 27.8 Å². The van der Waals surface area contributed by atoms with Gasteiger partial charge in [0.2, 0.25) is 0 Å². The van der Waals surface area contributed by atoms with Crippen molar-refractivity contribution in [1.29, 1.82) is 0 Å². The van der Waals surface area contributed by atoms with Gasteiger partial charge >= 0.3 is 0 Å². The summed E-state index contributed by atoms with van der Waals surface area (Å²) in [5, 5.41) is 0.746. The summed E-state index contributed by atoms with van der Waals surface area (Å²) in [7, 11) is 1.63. The Balaban J connectivity index is 3.45. The van der Waals surface area contributed by atoms with Crippen LogP contribution in [-0.2, 0) is 0 Å². The average molecular weight is 279 g/mol. The van der Waals surface area contributed by atoms with E-state index in [1.165, 1.54) is 0 Å². The van der Waals surface area contributed by atoms with Crippen molar-refractivity contribution in [3.63, 3.8) is 0 Å². The summed E-state index contributed by atoms with van der Waals surface area (Å²) in [5.41, 5.74) is 8.66. The highest BCUT2D eigenvalue weighted by Crippen LogP contribution is 2.36. The second kappa shape index (κ2) is 4.51. The van der Waals surface area contributed by atoms with Crippen molar-refractivity contribution < 1.29 is 4.74 Å². The topological polar surface area (TPSA) is 35.2 Å². The fourth-order valence-corrected chi connectivity index (χ4v) is 2.17. The first-order valence-corrected chi connectivity index (χ1v) is 5.51. The Morgan fingerprint density at radius 2 is 2.07 bits per heavy atom. The Kier molecular flexibility index (Phi) is 3.81. The lowest BCUT2D eigenvalue weighted by atomic mass is 10.0. The summed E-state index contributed by atoms with van der Waals surface area (Å²) in [4.78, 5) is -0.254. The van der Waals surface area contributed by atoms with Crippen LogP contribution in [0.15, 0.2) is 6.07 Å². The normalized spacial score (nSPS) is 12.7. The van der Waals surface area contributed by atoms with E-state index in [0.29, 0.717) is 0 Å². The van der Waals surface area contributed by atoms with Gasteiger partial charge in [-0.3, -0.25) is 0 Å². The van der Waals surface area contributed by atoms with Crippen LogP contribution in [0.1, 0.15) is 21.6 Å². The van der Waals surface area contributed by atoms with E-state index in [4.69, 9.17) is 22.1 Å². The number of alkyl halides is 1. The number of rotatable bonds is 2. The molecule has 0 aliphatic heterocycles. The lowest BCUT2D eigenvalue weighted by Gasteiger charge is -2.16. The molecule has 0 radical (unpaired) electrons. The second-order valence-electron chi connectivity index (χ2n) is 3.15. The van der Waals surface area contributed by atoms with Crippen LogP contribution in [0.25, 0.3) is 0 Å². The predicted octanol–water partition coefficient (Wildman–Crippen LogP) is 3.32. The average Bonchev–Trinajstić information content (AvgIpc) is 2.12. The zero-order valence-corrected chi connectivity index (χ0v) is 10.7. The molecule has 14 heavy (non-hydrogen) atoms. The fourth-order valence-electron chi connectivity index (χ4n) is 1.45. The number of nitrogens with two attached hydrogens (primary N) is 1. The number of hydrogen-bond donors (Lipinski definition) is 1. The lowest BCUT2D eigenvalue weighted by Crippen LogP contribution is -2.07. The standard InChI is InChI=1S/C10H13BrClNO/c1-5-4-7(14-3)8(10(11)13)6(2)9(5)12/h4,10H,13H2,1-3H3. The molecule has 1 aromatic carbocycles. The van der Waals surface area contributed by atoms with E-state index in [1.807, 2.05) is 19.9 Å². The maximum Gasteiger partial charge on any atom is 0.125 e. The third-order valence-corrected chi connectivity index (χ3v) is 3.23. The summed E-state index contributed by atoms with van der Waals surface area (Å²) < 4.78 is 5.25. The first-order valence-electron chi connectivity index (χ1n) is 4.22. The van der Waals surface area contributed by atoms with E-state index in [-0.39, 0.29) is 4.95 Å². The highest BCUT2D eigenvalue weighted by atomic mass is 79.9. The molecule has 4 heteroatoms. The van der Waals surface area contributed by atoms with Gasteiger partial charge in [-0.05, 0) is 31.0 Å². The van der Waals surface area contributed by atoms with E-state index in [2.05, 4.69) is 15.9 Å². The molecule has 0 spiro atoms. The molecule has 0 bridgehead atoms. The van der Waals surface area contributed by atoms with E-state index in [1.54, 1.807) is 7.11 Å². The summed E-state index contributed by atoms with van der Waals surface area (Å²) in [6, 6.07) is 1.89. The molecule has 2 nitrogen and oxygen atoms in total. The maximum absolute atomic E-state index is 6.12. The quantitative estimate of drug-likeness (QED) is 0.665. The molecule has 0 amide bonds. The summed E-state index contributed by atoms with van der Waals surface area (Å²) in [6.45, 7) is 3.88. The Morgan fingerprint density at radius 3 is 2.50 bits per heavy atom. The van der Waals surface area contributed by atoms with Gasteiger partial charge in [0.15, 0.2) is 0 Å². The van der Waals surface area contributed by atoms with Gasteiger partial charge in [-0.1, -0.05) is 27.5 Å². The molecule has 0 aliphatic carbocycles. The Hall–Kier alpha value is -0.250. The fraction of sp³-hybridized carbons (Fsp3) is 0.400. The number of halogens is 2. The van der Waals surface area contributed by atoms with Crippen molar-refractivity contribution in [1.82, 2.24) is 0 Å². The van der Waals surface area contributed by atoms with Crippen LogP contribution in [0.2, 0.25) is 5.02 Å². The van der Waals surface area contributed by atoms with Crippen molar-refractivity contribution >= 4 is 27.5 Å². The van der Waals surface area contributed by atoms with Crippen LogP contribution in [0.4, 0.5) is 0 Å². The van der Waals surface area contributed by atoms with E-state index in [9.17, 15) is 0 Å². The van der Waals surface area contributed by atoms with Gasteiger partial charge < -0.3 is 10.5 Å². The van der Waals surface area contributed by atoms with Crippen LogP contribution in [0.3, 0.4) is 0 Å². The van der Waals surface area contributed by atoms with Crippen LogP contribution in [0, 0.1) is 13.8 Å². The van der Waals surface area contributed by atoms with Crippen LogP contribution >= 0.6 is 27.5 Å². The monoisotopic (exact) mass is 277 g/mol. The lowest BCUT2D eigenvalue weighted by molar-refractivity contribution is 0.409. The molecule has 1 rings (SSSR count). The predicted molar refractivity (Wildman–Crippen MR) is 63.3 cm³/mol. The number of ether oxygens (including phenoxy) is 1. The van der Waals surface area contributed by atoms with Gasteiger partial charge in [0.1, 0.15) is 5.75 Å². The molecule has 1 atom stereocenters. The second-order valence-corrected chi connectivity index (χ2v) is 4.51. The van der Waals surface area contributed by atoms with Gasteiger partial charge in [-0.2, -0.15) is 0 Å². The SMILES string of the molecule is COc1cc(C)c(Cl)c(C)c1C(N)Br. The van der Waals surface area contributed by atoms with E-state index in [0.717, 1.165) is 27.5 Å². The molecular formula is C10H13BrClNO. The molecule has 78 valence electrons. The summed E-state index contributed by atoms with van der Waals surface area (Å²) >= 11 is 9.45. The van der Waals surface area contributed by atoms with Crippen molar-refractivity contribution in [2.75, 3.05) is 7.11 Å². The molecule has 0 aromatic heterocycles. The van der Waals surface area contributed by atoms with Crippen molar-refractivity contribution in [3.8, 4) is 5.75 Å². The molecule has 0 fully saturated rings. The highest BCUT2D eigenvalue weighted by Gasteiger charge is 2.16. The summed E-state index contributed by atoms with van der Waals surface area (Å²) in [5.74, 6) is 0.772. The highest BCUT2D eigenvalue weighted by molar-refractivity contribution is 9.09. The summed E-state index contributed by atoms with van der Waals surface area (Å²) in [6.07, 6.45) is 0. The molecular weight excluding hydrogens is 265 g/mol.